The molecule has 1 aliphatic rings. The number of nitrogens with zero attached hydrogens (tertiary/aromatic N) is 6. The molecule has 0 saturated carbocycles. The number of anilines is 2. The van der Waals surface area contributed by atoms with Crippen molar-refractivity contribution >= 4 is 35.0 Å². The van der Waals surface area contributed by atoms with Gasteiger partial charge >= 0.3 is 12.2 Å². The first-order valence-corrected chi connectivity index (χ1v) is 14.3. The molecule has 0 spiro atoms. The van der Waals surface area contributed by atoms with Crippen molar-refractivity contribution in [2.24, 2.45) is 0 Å². The third-order valence-corrected chi connectivity index (χ3v) is 6.50. The zero-order chi connectivity index (χ0) is 31.7. The van der Waals surface area contributed by atoms with Gasteiger partial charge in [0.25, 0.3) is 5.69 Å². The van der Waals surface area contributed by atoms with Gasteiger partial charge in [-0.15, -0.1) is 0 Å². The zero-order valence-electron chi connectivity index (χ0n) is 26.0. The average Bonchev–Trinajstić information content (AvgIpc) is 3.32. The first-order chi connectivity index (χ1) is 20.0. The maximum atomic E-state index is 13.7. The summed E-state index contributed by atoms with van der Waals surface area (Å²) < 4.78 is 19.2. The van der Waals surface area contributed by atoms with E-state index < -0.39 is 28.3 Å². The van der Waals surface area contributed by atoms with Crippen molar-refractivity contribution in [3.8, 4) is 5.88 Å². The van der Waals surface area contributed by atoms with Gasteiger partial charge in [0.05, 0.1) is 23.4 Å². The molecule has 0 N–H and O–H groups in total. The number of aromatic nitrogens is 3. The number of rotatable bonds is 6. The van der Waals surface area contributed by atoms with Gasteiger partial charge in [-0.2, -0.15) is 14.6 Å². The summed E-state index contributed by atoms with van der Waals surface area (Å²) in [5.74, 6) is 0.472. The van der Waals surface area contributed by atoms with Crippen molar-refractivity contribution < 1.29 is 28.7 Å². The molecule has 43 heavy (non-hydrogen) atoms. The number of likely N-dealkylation sites (tertiary alicyclic amines) is 1. The van der Waals surface area contributed by atoms with E-state index in [1.165, 1.54) is 27.6 Å². The first kappa shape index (κ1) is 31.5. The number of nitro benzene ring substituents is 1. The van der Waals surface area contributed by atoms with Gasteiger partial charge in [0.1, 0.15) is 17.3 Å². The number of ether oxygens (including phenoxy) is 3. The van der Waals surface area contributed by atoms with Crippen LogP contribution in [0.15, 0.2) is 36.5 Å². The highest BCUT2D eigenvalue weighted by Crippen LogP contribution is 2.34. The molecule has 13 nitrogen and oxygen atoms in total. The Hall–Kier alpha value is -4.42. The summed E-state index contributed by atoms with van der Waals surface area (Å²) in [6.45, 7) is 15.5. The van der Waals surface area contributed by atoms with Crippen LogP contribution >= 0.6 is 0 Å². The number of hydrogen-bond donors (Lipinski definition) is 0. The summed E-state index contributed by atoms with van der Waals surface area (Å²) in [5.41, 5.74) is -0.200. The summed E-state index contributed by atoms with van der Waals surface area (Å²) in [6.07, 6.45) is 1.50. The fourth-order valence-electron chi connectivity index (χ4n) is 4.65. The quantitative estimate of drug-likeness (QED) is 0.227. The van der Waals surface area contributed by atoms with Gasteiger partial charge in [-0.3, -0.25) is 10.1 Å². The number of benzene rings is 1. The molecule has 3 aromatic rings. The lowest BCUT2D eigenvalue weighted by Gasteiger charge is -2.34. The fraction of sp³-hybridized carbons (Fsp3) is 0.533. The summed E-state index contributed by atoms with van der Waals surface area (Å²) in [5, 5.41) is 16.1. The van der Waals surface area contributed by atoms with E-state index >= 15 is 0 Å². The molecule has 0 bridgehead atoms. The summed E-state index contributed by atoms with van der Waals surface area (Å²) >= 11 is 0. The molecule has 232 valence electrons. The highest BCUT2D eigenvalue weighted by Gasteiger charge is 2.32. The van der Waals surface area contributed by atoms with E-state index in [9.17, 15) is 19.7 Å². The number of piperidine rings is 1. The molecule has 0 aliphatic carbocycles. The normalized spacial score (nSPS) is 15.8. The monoisotopic (exact) mass is 596 g/mol. The zero-order valence-corrected chi connectivity index (χ0v) is 26.0. The molecule has 2 aromatic heterocycles. The third kappa shape index (κ3) is 7.70. The number of carbonyl (C=O) groups excluding carboxylic acids is 2. The highest BCUT2D eigenvalue weighted by molar-refractivity contribution is 5.96. The molecular weight excluding hydrogens is 556 g/mol. The molecule has 13 heteroatoms. The van der Waals surface area contributed by atoms with Crippen molar-refractivity contribution in [3.05, 3.63) is 52.2 Å². The number of carbonyl (C=O) groups is 2. The number of hydrogen-bond acceptors (Lipinski definition) is 9. The lowest BCUT2D eigenvalue weighted by atomic mass is 10.1. The number of amides is 2. The second kappa shape index (κ2) is 12.1. The third-order valence-electron chi connectivity index (χ3n) is 6.50. The van der Waals surface area contributed by atoms with Crippen molar-refractivity contribution in [1.82, 2.24) is 19.5 Å². The number of nitro groups is 1. The van der Waals surface area contributed by atoms with E-state index in [2.05, 4.69) is 5.10 Å². The first-order valence-electron chi connectivity index (χ1n) is 14.3. The van der Waals surface area contributed by atoms with Crippen molar-refractivity contribution in [1.29, 1.82) is 0 Å². The Morgan fingerprint density at radius 3 is 2.42 bits per heavy atom. The largest absolute Gasteiger partial charge is 0.472 e. The van der Waals surface area contributed by atoms with Crippen LogP contribution < -0.4 is 9.64 Å². The van der Waals surface area contributed by atoms with Gasteiger partial charge in [-0.1, -0.05) is 19.9 Å². The topological polar surface area (TPSA) is 142 Å². The molecule has 4 rings (SSSR count). The van der Waals surface area contributed by atoms with Crippen LogP contribution in [0.2, 0.25) is 0 Å². The van der Waals surface area contributed by atoms with Crippen LogP contribution in [0.3, 0.4) is 0 Å². The fourth-order valence-corrected chi connectivity index (χ4v) is 4.65. The molecule has 1 aliphatic heterocycles. The van der Waals surface area contributed by atoms with Gasteiger partial charge < -0.3 is 19.1 Å². The summed E-state index contributed by atoms with van der Waals surface area (Å²) in [4.78, 5) is 45.2. The van der Waals surface area contributed by atoms with E-state index in [1.54, 1.807) is 44.0 Å². The lowest BCUT2D eigenvalue weighted by Crippen LogP contribution is -2.46. The standard InChI is InChI=1S/C30H40N6O7/c1-19(2)23-17-31-35-25(34(28(38)43-30(6,7)8)20-11-9-12-21(15-20)36(39)40)16-24(32-26(23)35)41-22-13-10-14-33(18-22)27(37)42-29(3,4)5/h9,11-12,15-17,19,22H,10,13-14,18H2,1-8H3. The predicted molar refractivity (Wildman–Crippen MR) is 160 cm³/mol. The van der Waals surface area contributed by atoms with E-state index in [4.69, 9.17) is 19.2 Å². The van der Waals surface area contributed by atoms with Gasteiger partial charge in [-0.05, 0) is 66.4 Å². The van der Waals surface area contributed by atoms with Gasteiger partial charge in [0, 0.05) is 30.3 Å². The Balaban J connectivity index is 1.80. The van der Waals surface area contributed by atoms with E-state index in [-0.39, 0.29) is 35.1 Å². The van der Waals surface area contributed by atoms with Crippen LogP contribution in [-0.4, -0.2) is 67.0 Å². The summed E-state index contributed by atoms with van der Waals surface area (Å²) in [7, 11) is 0. The molecule has 1 atom stereocenters. The smallest absolute Gasteiger partial charge is 0.420 e. The van der Waals surface area contributed by atoms with Gasteiger partial charge in [0.15, 0.2) is 11.5 Å². The summed E-state index contributed by atoms with van der Waals surface area (Å²) in [6, 6.07) is 7.27. The molecule has 1 saturated heterocycles. The second-order valence-electron chi connectivity index (χ2n) is 12.8. The van der Waals surface area contributed by atoms with Gasteiger partial charge in [0.2, 0.25) is 5.88 Å². The molecule has 3 heterocycles. The predicted octanol–water partition coefficient (Wildman–Crippen LogP) is 6.61. The van der Waals surface area contributed by atoms with Crippen LogP contribution in [0.4, 0.5) is 26.8 Å². The van der Waals surface area contributed by atoms with Gasteiger partial charge in [-0.25, -0.2) is 14.5 Å². The average molecular weight is 597 g/mol. The Kier molecular flexibility index (Phi) is 8.84. The number of non-ortho nitro benzene ring substituents is 1. The maximum Gasteiger partial charge on any atom is 0.420 e. The SMILES string of the molecule is CC(C)c1cnn2c(N(C(=O)OC(C)(C)C)c3cccc([N+](=O)[O-])c3)cc(OC3CCCN(C(=O)OC(C)(C)C)C3)nc12. The van der Waals surface area contributed by atoms with Crippen molar-refractivity contribution in [2.45, 2.75) is 91.5 Å². The second-order valence-corrected chi connectivity index (χ2v) is 12.8. The Bertz CT molecular complexity index is 1500. The van der Waals surface area contributed by atoms with E-state index in [0.717, 1.165) is 5.56 Å². The van der Waals surface area contributed by atoms with Crippen LogP contribution in [0.5, 0.6) is 5.88 Å². The van der Waals surface area contributed by atoms with E-state index in [0.29, 0.717) is 31.6 Å². The molecular formula is C30H40N6O7. The number of fused-ring (bicyclic) bond motifs is 1. The van der Waals surface area contributed by atoms with E-state index in [1.807, 2.05) is 34.6 Å². The lowest BCUT2D eigenvalue weighted by molar-refractivity contribution is -0.384. The molecule has 0 radical (unpaired) electrons. The van der Waals surface area contributed by atoms with Crippen molar-refractivity contribution in [3.63, 3.8) is 0 Å². The van der Waals surface area contributed by atoms with Crippen molar-refractivity contribution in [2.75, 3.05) is 18.0 Å². The highest BCUT2D eigenvalue weighted by atomic mass is 16.6. The maximum absolute atomic E-state index is 13.7. The van der Waals surface area contributed by atoms with Crippen LogP contribution in [-0.2, 0) is 9.47 Å². The minimum absolute atomic E-state index is 0.0400. The Morgan fingerprint density at radius 1 is 1.09 bits per heavy atom. The minimum atomic E-state index is -0.859. The Labute approximate surface area is 250 Å². The minimum Gasteiger partial charge on any atom is -0.472 e. The molecule has 1 aromatic carbocycles. The van der Waals surface area contributed by atoms with Crippen LogP contribution in [0.25, 0.3) is 5.65 Å². The molecule has 1 unspecified atom stereocenters. The molecule has 2 amide bonds. The Morgan fingerprint density at radius 2 is 1.79 bits per heavy atom. The van der Waals surface area contributed by atoms with Crippen LogP contribution in [0, 0.1) is 10.1 Å². The molecule has 1 fully saturated rings. The van der Waals surface area contributed by atoms with Crippen LogP contribution in [0.1, 0.15) is 79.7 Å².